The van der Waals surface area contributed by atoms with Gasteiger partial charge in [-0.1, -0.05) is 72.8 Å². The minimum Gasteiger partial charge on any atom is -0.497 e. The number of rotatable bonds is 14. The van der Waals surface area contributed by atoms with Gasteiger partial charge in [0, 0.05) is 30.3 Å². The Morgan fingerprint density at radius 3 is 1.98 bits per heavy atom. The number of amides is 1. The molecule has 1 N–H and O–H groups in total. The van der Waals surface area contributed by atoms with Gasteiger partial charge >= 0.3 is 5.97 Å². The lowest BCUT2D eigenvalue weighted by Crippen LogP contribution is -2.39. The van der Waals surface area contributed by atoms with Crippen LogP contribution < -0.4 is 14.8 Å². The molecule has 5 aromatic carbocycles. The molecular weight excluding hydrogens is 767 g/mol. The predicted octanol–water partition coefficient (Wildman–Crippen LogP) is 8.13. The molecular formula is C46H39N5O9. The first-order valence-corrected chi connectivity index (χ1v) is 19.0. The first-order chi connectivity index (χ1) is 29.3. The SMILES string of the molecule is COc1ccc(C(OCC2OC(n3ccc4c(NC(=O)c5ccccc5)ncnc43)CC2OC(=O)c2ccc([N+](=O)[O-])cc2)(c2ccccc2)c2ccc(OC)cc2)cc1. The van der Waals surface area contributed by atoms with Crippen molar-refractivity contribution in [3.63, 3.8) is 0 Å². The van der Waals surface area contributed by atoms with Crippen molar-refractivity contribution in [2.45, 2.75) is 30.5 Å². The minimum atomic E-state index is -1.20. The van der Waals surface area contributed by atoms with Crippen LogP contribution in [0.3, 0.4) is 0 Å². The van der Waals surface area contributed by atoms with E-state index in [1.165, 1.54) is 30.6 Å². The monoisotopic (exact) mass is 805 g/mol. The zero-order valence-corrected chi connectivity index (χ0v) is 32.5. The van der Waals surface area contributed by atoms with Crippen LogP contribution in [0.25, 0.3) is 11.0 Å². The van der Waals surface area contributed by atoms with E-state index in [1.54, 1.807) is 55.3 Å². The van der Waals surface area contributed by atoms with Crippen LogP contribution in [-0.4, -0.2) is 64.4 Å². The molecule has 2 aromatic heterocycles. The molecule has 8 rings (SSSR count). The van der Waals surface area contributed by atoms with Gasteiger partial charge in [-0.05, 0) is 71.3 Å². The molecule has 3 heterocycles. The standard InChI is InChI=1S/C46H39N5O9/c1-56-36-21-15-33(16-22-36)46(32-11-7-4-8-12-32,34-17-23-37(57-2)24-18-34)58-28-40-39(60-45(53)31-13-19-35(20-14-31)51(54)55)27-41(59-40)50-26-25-38-42(47-29-48-43(38)50)49-44(52)30-9-5-3-6-10-30/h3-26,29,39-41H,27-28H2,1-2H3,(H,47,48,49,52). The number of methoxy groups -OCH3 is 2. The van der Waals surface area contributed by atoms with Gasteiger partial charge in [-0.2, -0.15) is 0 Å². The summed E-state index contributed by atoms with van der Waals surface area (Å²) in [5.74, 6) is 0.640. The molecule has 14 heteroatoms. The van der Waals surface area contributed by atoms with E-state index in [9.17, 15) is 19.7 Å². The van der Waals surface area contributed by atoms with E-state index in [1.807, 2.05) is 84.9 Å². The number of aromatic nitrogens is 3. The van der Waals surface area contributed by atoms with Gasteiger partial charge in [0.15, 0.2) is 0 Å². The molecule has 7 aromatic rings. The number of hydrogen-bond acceptors (Lipinski definition) is 11. The Morgan fingerprint density at radius 2 is 1.38 bits per heavy atom. The van der Waals surface area contributed by atoms with Gasteiger partial charge in [0.05, 0.1) is 36.7 Å². The van der Waals surface area contributed by atoms with Crippen LogP contribution in [0.15, 0.2) is 152 Å². The molecule has 0 spiro atoms. The third kappa shape index (κ3) is 7.88. The number of carbonyl (C=O) groups is 2. The lowest BCUT2D eigenvalue weighted by atomic mass is 9.80. The molecule has 3 unspecified atom stereocenters. The normalized spacial score (nSPS) is 16.3. The Morgan fingerprint density at radius 1 is 0.783 bits per heavy atom. The Kier molecular flexibility index (Phi) is 11.3. The molecule has 1 amide bonds. The fourth-order valence-electron chi connectivity index (χ4n) is 7.42. The fraction of sp³-hybridized carbons (Fsp3) is 0.174. The molecule has 0 aliphatic carbocycles. The molecule has 60 heavy (non-hydrogen) atoms. The summed E-state index contributed by atoms with van der Waals surface area (Å²) >= 11 is 0. The van der Waals surface area contributed by atoms with Gasteiger partial charge in [0.25, 0.3) is 11.6 Å². The van der Waals surface area contributed by atoms with E-state index in [0.29, 0.717) is 33.9 Å². The van der Waals surface area contributed by atoms with E-state index < -0.39 is 34.9 Å². The highest BCUT2D eigenvalue weighted by molar-refractivity contribution is 6.07. The Labute approximate surface area is 344 Å². The number of hydrogen-bond donors (Lipinski definition) is 1. The molecule has 1 fully saturated rings. The number of fused-ring (bicyclic) bond motifs is 1. The molecule has 1 aliphatic rings. The van der Waals surface area contributed by atoms with Crippen molar-refractivity contribution >= 4 is 34.4 Å². The average molecular weight is 806 g/mol. The summed E-state index contributed by atoms with van der Waals surface area (Å²) < 4.78 is 32.9. The highest BCUT2D eigenvalue weighted by atomic mass is 16.6. The maximum absolute atomic E-state index is 13.7. The fourth-order valence-corrected chi connectivity index (χ4v) is 7.42. The van der Waals surface area contributed by atoms with E-state index in [0.717, 1.165) is 16.7 Å². The summed E-state index contributed by atoms with van der Waals surface area (Å²) in [5, 5.41) is 14.8. The second-order valence-electron chi connectivity index (χ2n) is 13.9. The lowest BCUT2D eigenvalue weighted by Gasteiger charge is -2.37. The van der Waals surface area contributed by atoms with E-state index in [2.05, 4.69) is 15.3 Å². The van der Waals surface area contributed by atoms with Crippen molar-refractivity contribution in [1.82, 2.24) is 14.5 Å². The summed E-state index contributed by atoms with van der Waals surface area (Å²) in [7, 11) is 3.21. The van der Waals surface area contributed by atoms with E-state index in [4.69, 9.17) is 23.7 Å². The second kappa shape index (κ2) is 17.2. The van der Waals surface area contributed by atoms with Crippen LogP contribution in [0.2, 0.25) is 0 Å². The molecule has 1 saturated heterocycles. The van der Waals surface area contributed by atoms with Gasteiger partial charge in [0.2, 0.25) is 0 Å². The van der Waals surface area contributed by atoms with Gasteiger partial charge in [-0.15, -0.1) is 0 Å². The number of nitro benzene ring substituents is 1. The van der Waals surface area contributed by atoms with Crippen molar-refractivity contribution in [3.8, 4) is 11.5 Å². The third-order valence-corrected chi connectivity index (χ3v) is 10.5. The first-order valence-electron chi connectivity index (χ1n) is 19.0. The largest absolute Gasteiger partial charge is 0.497 e. The van der Waals surface area contributed by atoms with Gasteiger partial charge in [-0.25, -0.2) is 14.8 Å². The zero-order chi connectivity index (χ0) is 41.6. The van der Waals surface area contributed by atoms with E-state index >= 15 is 0 Å². The van der Waals surface area contributed by atoms with Gasteiger partial charge < -0.3 is 33.6 Å². The molecule has 0 radical (unpaired) electrons. The third-order valence-electron chi connectivity index (χ3n) is 10.5. The van der Waals surface area contributed by atoms with Crippen LogP contribution in [0.1, 0.15) is 50.1 Å². The quantitative estimate of drug-likeness (QED) is 0.0488. The van der Waals surface area contributed by atoms with Crippen LogP contribution >= 0.6 is 0 Å². The predicted molar refractivity (Wildman–Crippen MR) is 221 cm³/mol. The van der Waals surface area contributed by atoms with Gasteiger partial charge in [-0.3, -0.25) is 14.9 Å². The summed E-state index contributed by atoms with van der Waals surface area (Å²) in [4.78, 5) is 46.5. The summed E-state index contributed by atoms with van der Waals surface area (Å²) in [6.45, 7) is -0.0613. The highest BCUT2D eigenvalue weighted by Crippen LogP contribution is 2.43. The van der Waals surface area contributed by atoms with Crippen molar-refractivity contribution in [1.29, 1.82) is 0 Å². The molecule has 0 bridgehead atoms. The molecule has 0 saturated carbocycles. The van der Waals surface area contributed by atoms with Crippen molar-refractivity contribution < 1.29 is 38.2 Å². The molecule has 1 aliphatic heterocycles. The summed E-state index contributed by atoms with van der Waals surface area (Å²) in [5.41, 5.74) is 2.16. The van der Waals surface area contributed by atoms with Crippen molar-refractivity contribution in [2.24, 2.45) is 0 Å². The topological polar surface area (TPSA) is 166 Å². The Bertz CT molecular complexity index is 2560. The summed E-state index contributed by atoms with van der Waals surface area (Å²) in [6, 6.07) is 40.8. The number of benzene rings is 5. The molecule has 14 nitrogen and oxygen atoms in total. The second-order valence-corrected chi connectivity index (χ2v) is 13.9. The smallest absolute Gasteiger partial charge is 0.338 e. The van der Waals surface area contributed by atoms with Crippen LogP contribution in [0.4, 0.5) is 11.5 Å². The number of esters is 1. The summed E-state index contributed by atoms with van der Waals surface area (Å²) in [6.07, 6.45) is 0.951. The van der Waals surface area contributed by atoms with Gasteiger partial charge in [0.1, 0.15) is 53.3 Å². The Balaban J connectivity index is 1.16. The lowest BCUT2D eigenvalue weighted by molar-refractivity contribution is -0.384. The first kappa shape index (κ1) is 39.4. The van der Waals surface area contributed by atoms with Crippen LogP contribution in [0, 0.1) is 10.1 Å². The molecule has 3 atom stereocenters. The zero-order valence-electron chi connectivity index (χ0n) is 32.5. The number of carbonyl (C=O) groups excluding carboxylic acids is 2. The van der Waals surface area contributed by atoms with Crippen molar-refractivity contribution in [3.05, 3.63) is 190 Å². The highest BCUT2D eigenvalue weighted by Gasteiger charge is 2.44. The van der Waals surface area contributed by atoms with Crippen LogP contribution in [0.5, 0.6) is 11.5 Å². The van der Waals surface area contributed by atoms with E-state index in [-0.39, 0.29) is 30.2 Å². The number of nitrogens with zero attached hydrogens (tertiary/aromatic N) is 4. The maximum Gasteiger partial charge on any atom is 0.338 e. The number of nitro groups is 1. The maximum atomic E-state index is 13.7. The number of anilines is 1. The number of non-ortho nitro benzene ring substituents is 1. The minimum absolute atomic E-state index is 0.0613. The average Bonchev–Trinajstić information content (AvgIpc) is 3.92. The number of ether oxygens (including phenoxy) is 5. The molecule has 302 valence electrons. The van der Waals surface area contributed by atoms with Crippen molar-refractivity contribution in [2.75, 3.05) is 26.1 Å². The Hall–Kier alpha value is -7.42. The van der Waals surface area contributed by atoms with Crippen LogP contribution in [-0.2, 0) is 19.8 Å². The number of nitrogens with one attached hydrogen (secondary N) is 1.